The van der Waals surface area contributed by atoms with E-state index in [0.29, 0.717) is 12.5 Å². The van der Waals surface area contributed by atoms with Gasteiger partial charge in [-0.05, 0) is 51.3 Å². The van der Waals surface area contributed by atoms with Crippen molar-refractivity contribution in [2.45, 2.75) is 39.3 Å². The highest BCUT2D eigenvalue weighted by molar-refractivity contribution is 5.74. The zero-order chi connectivity index (χ0) is 15.1. The molecule has 1 aromatic carbocycles. The van der Waals surface area contributed by atoms with E-state index in [1.54, 1.807) is 0 Å². The molecule has 0 aromatic heterocycles. The molecular formula is C17H27N3O. The standard InChI is InChI=1S/C17H27N3O/c1-14(2)20(13-16-9-6-10-18-11-16)17(21)19-12-15-7-4-3-5-8-15/h3-5,7-8,14,16,18H,6,9-13H2,1-2H3,(H,19,21). The summed E-state index contributed by atoms with van der Waals surface area (Å²) in [6, 6.07) is 10.3. The number of carbonyl (C=O) groups is 1. The number of nitrogens with one attached hydrogen (secondary N) is 2. The van der Waals surface area contributed by atoms with Gasteiger partial charge in [0, 0.05) is 19.1 Å². The number of benzene rings is 1. The molecule has 2 N–H and O–H groups in total. The number of amides is 2. The largest absolute Gasteiger partial charge is 0.334 e. The zero-order valence-electron chi connectivity index (χ0n) is 13.1. The van der Waals surface area contributed by atoms with Crippen LogP contribution in [-0.4, -0.2) is 36.6 Å². The molecule has 1 aliphatic rings. The molecule has 2 amide bonds. The van der Waals surface area contributed by atoms with E-state index in [2.05, 4.69) is 24.5 Å². The maximum atomic E-state index is 12.4. The Kier molecular flexibility index (Phi) is 6.05. The first kappa shape index (κ1) is 15.8. The summed E-state index contributed by atoms with van der Waals surface area (Å²) in [4.78, 5) is 14.4. The second-order valence-corrected chi connectivity index (χ2v) is 6.10. The fourth-order valence-electron chi connectivity index (χ4n) is 2.76. The average molecular weight is 289 g/mol. The molecule has 0 bridgehead atoms. The molecule has 1 saturated heterocycles. The number of rotatable bonds is 5. The smallest absolute Gasteiger partial charge is 0.317 e. The Labute approximate surface area is 127 Å². The third-order valence-corrected chi connectivity index (χ3v) is 4.02. The summed E-state index contributed by atoms with van der Waals surface area (Å²) in [7, 11) is 0. The van der Waals surface area contributed by atoms with Gasteiger partial charge in [0.15, 0.2) is 0 Å². The third-order valence-electron chi connectivity index (χ3n) is 4.02. The van der Waals surface area contributed by atoms with E-state index in [1.807, 2.05) is 35.2 Å². The lowest BCUT2D eigenvalue weighted by atomic mass is 9.99. The molecular weight excluding hydrogens is 262 g/mol. The van der Waals surface area contributed by atoms with Crippen LogP contribution >= 0.6 is 0 Å². The molecule has 1 heterocycles. The fourth-order valence-corrected chi connectivity index (χ4v) is 2.76. The lowest BCUT2D eigenvalue weighted by molar-refractivity contribution is 0.163. The molecule has 116 valence electrons. The molecule has 21 heavy (non-hydrogen) atoms. The number of nitrogens with zero attached hydrogens (tertiary/aromatic N) is 1. The number of piperidine rings is 1. The van der Waals surface area contributed by atoms with Gasteiger partial charge in [-0.15, -0.1) is 0 Å². The summed E-state index contributed by atoms with van der Waals surface area (Å²) in [6.45, 7) is 7.72. The Morgan fingerprint density at radius 1 is 1.38 bits per heavy atom. The Hall–Kier alpha value is -1.55. The highest BCUT2D eigenvalue weighted by Crippen LogP contribution is 2.14. The van der Waals surface area contributed by atoms with E-state index in [-0.39, 0.29) is 12.1 Å². The molecule has 1 unspecified atom stereocenters. The predicted octanol–water partition coefficient (Wildman–Crippen LogP) is 2.61. The summed E-state index contributed by atoms with van der Waals surface area (Å²) < 4.78 is 0. The van der Waals surface area contributed by atoms with Crippen molar-refractivity contribution in [1.29, 1.82) is 0 Å². The van der Waals surface area contributed by atoms with Crippen molar-refractivity contribution in [1.82, 2.24) is 15.5 Å². The van der Waals surface area contributed by atoms with Crippen LogP contribution in [0.2, 0.25) is 0 Å². The van der Waals surface area contributed by atoms with Crippen molar-refractivity contribution in [2.75, 3.05) is 19.6 Å². The number of urea groups is 1. The van der Waals surface area contributed by atoms with Gasteiger partial charge in [-0.2, -0.15) is 0 Å². The Morgan fingerprint density at radius 2 is 2.14 bits per heavy atom. The van der Waals surface area contributed by atoms with Crippen LogP contribution in [0.15, 0.2) is 30.3 Å². The molecule has 0 saturated carbocycles. The maximum absolute atomic E-state index is 12.4. The lowest BCUT2D eigenvalue weighted by Gasteiger charge is -2.33. The van der Waals surface area contributed by atoms with E-state index in [4.69, 9.17) is 0 Å². The van der Waals surface area contributed by atoms with Gasteiger partial charge in [-0.25, -0.2) is 4.79 Å². The topological polar surface area (TPSA) is 44.4 Å². The summed E-state index contributed by atoms with van der Waals surface area (Å²) in [6.07, 6.45) is 2.42. The quantitative estimate of drug-likeness (QED) is 0.875. The number of hydrogen-bond donors (Lipinski definition) is 2. The monoisotopic (exact) mass is 289 g/mol. The van der Waals surface area contributed by atoms with Crippen LogP contribution in [-0.2, 0) is 6.54 Å². The predicted molar refractivity (Wildman–Crippen MR) is 86.1 cm³/mol. The number of hydrogen-bond acceptors (Lipinski definition) is 2. The van der Waals surface area contributed by atoms with Crippen molar-refractivity contribution in [3.05, 3.63) is 35.9 Å². The molecule has 4 heteroatoms. The number of carbonyl (C=O) groups excluding carboxylic acids is 1. The van der Waals surface area contributed by atoms with Gasteiger partial charge in [0.05, 0.1) is 0 Å². The minimum Gasteiger partial charge on any atom is -0.334 e. The van der Waals surface area contributed by atoms with Crippen LogP contribution in [0.25, 0.3) is 0 Å². The van der Waals surface area contributed by atoms with E-state index in [0.717, 1.165) is 25.2 Å². The minimum absolute atomic E-state index is 0.0411. The van der Waals surface area contributed by atoms with E-state index < -0.39 is 0 Å². The fraction of sp³-hybridized carbons (Fsp3) is 0.588. The highest BCUT2D eigenvalue weighted by Gasteiger charge is 2.22. The van der Waals surface area contributed by atoms with Crippen LogP contribution in [0.1, 0.15) is 32.3 Å². The second-order valence-electron chi connectivity index (χ2n) is 6.10. The normalized spacial score (nSPS) is 18.5. The first-order valence-corrected chi connectivity index (χ1v) is 7.96. The van der Waals surface area contributed by atoms with Crippen LogP contribution in [0.5, 0.6) is 0 Å². The van der Waals surface area contributed by atoms with Gasteiger partial charge in [-0.1, -0.05) is 30.3 Å². The Bertz CT molecular complexity index is 427. The van der Waals surface area contributed by atoms with E-state index in [9.17, 15) is 4.79 Å². The van der Waals surface area contributed by atoms with Crippen LogP contribution in [0, 0.1) is 5.92 Å². The summed E-state index contributed by atoms with van der Waals surface area (Å²) >= 11 is 0. The van der Waals surface area contributed by atoms with Gasteiger partial charge in [0.2, 0.25) is 0 Å². The molecule has 1 atom stereocenters. The molecule has 0 aliphatic carbocycles. The van der Waals surface area contributed by atoms with Crippen molar-refractivity contribution in [2.24, 2.45) is 5.92 Å². The Balaban J connectivity index is 1.86. The van der Waals surface area contributed by atoms with Crippen LogP contribution < -0.4 is 10.6 Å². The second kappa shape index (κ2) is 8.03. The van der Waals surface area contributed by atoms with Gasteiger partial charge < -0.3 is 15.5 Å². The SMILES string of the molecule is CC(C)N(CC1CCCNC1)C(=O)NCc1ccccc1. The van der Waals surface area contributed by atoms with Crippen molar-refractivity contribution in [3.63, 3.8) is 0 Å². The van der Waals surface area contributed by atoms with Crippen molar-refractivity contribution in [3.8, 4) is 0 Å². The van der Waals surface area contributed by atoms with E-state index >= 15 is 0 Å². The average Bonchev–Trinajstić information content (AvgIpc) is 2.52. The van der Waals surface area contributed by atoms with Crippen molar-refractivity contribution >= 4 is 6.03 Å². The van der Waals surface area contributed by atoms with Crippen LogP contribution in [0.3, 0.4) is 0 Å². The lowest BCUT2D eigenvalue weighted by Crippen LogP contribution is -2.48. The van der Waals surface area contributed by atoms with Gasteiger partial charge in [-0.3, -0.25) is 0 Å². The first-order chi connectivity index (χ1) is 10.2. The summed E-state index contributed by atoms with van der Waals surface area (Å²) in [5.74, 6) is 0.573. The first-order valence-electron chi connectivity index (χ1n) is 7.96. The van der Waals surface area contributed by atoms with Gasteiger partial charge in [0.25, 0.3) is 0 Å². The van der Waals surface area contributed by atoms with Crippen molar-refractivity contribution < 1.29 is 4.79 Å². The molecule has 1 aromatic rings. The van der Waals surface area contributed by atoms with Gasteiger partial charge in [0.1, 0.15) is 0 Å². The minimum atomic E-state index is 0.0411. The molecule has 0 spiro atoms. The molecule has 0 radical (unpaired) electrons. The molecule has 4 nitrogen and oxygen atoms in total. The van der Waals surface area contributed by atoms with E-state index in [1.165, 1.54) is 12.8 Å². The van der Waals surface area contributed by atoms with Crippen LogP contribution in [0.4, 0.5) is 4.79 Å². The molecule has 1 fully saturated rings. The zero-order valence-corrected chi connectivity index (χ0v) is 13.1. The summed E-state index contributed by atoms with van der Waals surface area (Å²) in [5, 5.41) is 6.45. The highest BCUT2D eigenvalue weighted by atomic mass is 16.2. The molecule has 1 aliphatic heterocycles. The maximum Gasteiger partial charge on any atom is 0.317 e. The van der Waals surface area contributed by atoms with Gasteiger partial charge >= 0.3 is 6.03 Å². The summed E-state index contributed by atoms with van der Waals surface area (Å²) in [5.41, 5.74) is 1.13. The third kappa shape index (κ3) is 5.05. The Morgan fingerprint density at radius 3 is 2.76 bits per heavy atom. The molecule has 2 rings (SSSR count).